The molecule has 0 heterocycles. The Hall–Kier alpha value is -0.860. The summed E-state index contributed by atoms with van der Waals surface area (Å²) in [6.45, 7) is 2.91. The lowest BCUT2D eigenvalue weighted by molar-refractivity contribution is -0.134. The zero-order valence-electron chi connectivity index (χ0n) is 6.35. The molecular weight excluding hydrogens is 135 g/mol. The first kappa shape index (κ1) is 9.14. The maximum absolute atomic E-state index is 12.3. The Morgan fingerprint density at radius 2 is 2.20 bits per heavy atom. The van der Waals surface area contributed by atoms with E-state index in [0.717, 1.165) is 6.08 Å². The van der Waals surface area contributed by atoms with Crippen molar-refractivity contribution < 1.29 is 13.9 Å². The smallest absolute Gasteiger partial charge is 0.330 e. The van der Waals surface area contributed by atoms with E-state index < -0.39 is 12.1 Å². The first-order chi connectivity index (χ1) is 4.57. The molecule has 0 aromatic heterocycles. The predicted octanol–water partition coefficient (Wildman–Crippen LogP) is 1.46. The topological polar surface area (TPSA) is 26.3 Å². The van der Waals surface area contributed by atoms with Gasteiger partial charge in [-0.25, -0.2) is 9.18 Å². The zero-order chi connectivity index (χ0) is 8.15. The Labute approximate surface area is 59.7 Å². The standard InChI is InChI=1S/C7H11FO2/c1-5(6(2)8)4-7(9)10-3/h4,6H,1-3H3/b5-4-. The molecule has 58 valence electrons. The molecule has 3 heteroatoms. The van der Waals surface area contributed by atoms with Gasteiger partial charge in [0.15, 0.2) is 0 Å². The number of carbonyl (C=O) groups excluding carboxylic acids is 1. The van der Waals surface area contributed by atoms with E-state index >= 15 is 0 Å². The average molecular weight is 146 g/mol. The molecule has 0 aliphatic rings. The van der Waals surface area contributed by atoms with Crippen molar-refractivity contribution in [1.29, 1.82) is 0 Å². The largest absolute Gasteiger partial charge is 0.466 e. The summed E-state index contributed by atoms with van der Waals surface area (Å²) in [5.41, 5.74) is 0.381. The molecule has 0 amide bonds. The highest BCUT2D eigenvalue weighted by atomic mass is 19.1. The summed E-state index contributed by atoms with van der Waals surface area (Å²) in [6, 6.07) is 0. The van der Waals surface area contributed by atoms with Crippen LogP contribution >= 0.6 is 0 Å². The van der Waals surface area contributed by atoms with Gasteiger partial charge in [-0.05, 0) is 19.4 Å². The van der Waals surface area contributed by atoms with Gasteiger partial charge in [0.05, 0.1) is 7.11 Å². The summed E-state index contributed by atoms with van der Waals surface area (Å²) in [6.07, 6.45) is 0.0594. The molecule has 0 aromatic rings. The second-order valence-corrected chi connectivity index (χ2v) is 2.03. The number of alkyl halides is 1. The molecular formula is C7H11FO2. The molecule has 1 atom stereocenters. The highest BCUT2D eigenvalue weighted by molar-refractivity contribution is 5.82. The third-order valence-electron chi connectivity index (χ3n) is 1.17. The van der Waals surface area contributed by atoms with Crippen LogP contribution in [0, 0.1) is 0 Å². The highest BCUT2D eigenvalue weighted by Gasteiger charge is 2.02. The van der Waals surface area contributed by atoms with Crippen LogP contribution in [0.25, 0.3) is 0 Å². The molecule has 0 aliphatic carbocycles. The fraction of sp³-hybridized carbons (Fsp3) is 0.571. The molecule has 0 spiro atoms. The summed E-state index contributed by atoms with van der Waals surface area (Å²) in [5.74, 6) is -0.512. The van der Waals surface area contributed by atoms with Crippen LogP contribution in [0.3, 0.4) is 0 Å². The number of halogens is 1. The quantitative estimate of drug-likeness (QED) is 0.435. The fourth-order valence-electron chi connectivity index (χ4n) is 0.360. The monoisotopic (exact) mass is 146 g/mol. The van der Waals surface area contributed by atoms with Crippen molar-refractivity contribution in [2.75, 3.05) is 7.11 Å². The minimum Gasteiger partial charge on any atom is -0.466 e. The summed E-state index contributed by atoms with van der Waals surface area (Å²) >= 11 is 0. The Morgan fingerprint density at radius 1 is 1.70 bits per heavy atom. The molecule has 0 N–H and O–H groups in total. The summed E-state index contributed by atoms with van der Waals surface area (Å²) in [4.78, 5) is 10.5. The minimum absolute atomic E-state index is 0.381. The molecule has 0 fully saturated rings. The van der Waals surface area contributed by atoms with E-state index in [9.17, 15) is 9.18 Å². The first-order valence-corrected chi connectivity index (χ1v) is 2.98. The Bertz CT molecular complexity index is 150. The summed E-state index contributed by atoms with van der Waals surface area (Å²) in [5, 5.41) is 0. The van der Waals surface area contributed by atoms with Crippen LogP contribution < -0.4 is 0 Å². The van der Waals surface area contributed by atoms with Crippen LogP contribution in [0.2, 0.25) is 0 Å². The van der Waals surface area contributed by atoms with Gasteiger partial charge in [0, 0.05) is 6.08 Å². The van der Waals surface area contributed by atoms with Gasteiger partial charge in [0.1, 0.15) is 6.17 Å². The van der Waals surface area contributed by atoms with E-state index in [4.69, 9.17) is 0 Å². The van der Waals surface area contributed by atoms with Gasteiger partial charge in [-0.15, -0.1) is 0 Å². The van der Waals surface area contributed by atoms with Crippen LogP contribution in [-0.2, 0) is 9.53 Å². The number of hydrogen-bond acceptors (Lipinski definition) is 2. The van der Waals surface area contributed by atoms with Crippen molar-refractivity contribution in [3.05, 3.63) is 11.6 Å². The van der Waals surface area contributed by atoms with Gasteiger partial charge in [0.2, 0.25) is 0 Å². The van der Waals surface area contributed by atoms with Crippen molar-refractivity contribution in [3.63, 3.8) is 0 Å². The van der Waals surface area contributed by atoms with Crippen molar-refractivity contribution in [2.45, 2.75) is 20.0 Å². The van der Waals surface area contributed by atoms with Gasteiger partial charge >= 0.3 is 5.97 Å². The number of hydrogen-bond donors (Lipinski definition) is 0. The number of rotatable bonds is 2. The van der Waals surface area contributed by atoms with Gasteiger partial charge in [-0.1, -0.05) is 0 Å². The van der Waals surface area contributed by atoms with Crippen molar-refractivity contribution in [3.8, 4) is 0 Å². The number of esters is 1. The molecule has 0 aromatic carbocycles. The maximum atomic E-state index is 12.3. The highest BCUT2D eigenvalue weighted by Crippen LogP contribution is 2.03. The van der Waals surface area contributed by atoms with E-state index in [2.05, 4.69) is 4.74 Å². The Balaban J connectivity index is 4.03. The van der Waals surface area contributed by atoms with E-state index in [-0.39, 0.29) is 0 Å². The molecule has 0 aliphatic heterocycles. The van der Waals surface area contributed by atoms with E-state index in [1.165, 1.54) is 14.0 Å². The van der Waals surface area contributed by atoms with Gasteiger partial charge < -0.3 is 4.74 Å². The number of methoxy groups -OCH3 is 1. The van der Waals surface area contributed by atoms with E-state index in [1.54, 1.807) is 6.92 Å². The van der Waals surface area contributed by atoms with Crippen molar-refractivity contribution >= 4 is 5.97 Å². The first-order valence-electron chi connectivity index (χ1n) is 2.98. The van der Waals surface area contributed by atoms with Crippen molar-refractivity contribution in [2.24, 2.45) is 0 Å². The predicted molar refractivity (Wildman–Crippen MR) is 36.3 cm³/mol. The average Bonchev–Trinajstić information content (AvgIpc) is 1.87. The zero-order valence-corrected chi connectivity index (χ0v) is 6.35. The second-order valence-electron chi connectivity index (χ2n) is 2.03. The lowest BCUT2D eigenvalue weighted by atomic mass is 10.2. The fourth-order valence-corrected chi connectivity index (χ4v) is 0.360. The number of allylic oxidation sites excluding steroid dienone is 1. The third kappa shape index (κ3) is 3.22. The Kier molecular flexibility index (Phi) is 3.69. The van der Waals surface area contributed by atoms with Gasteiger partial charge in [-0.3, -0.25) is 0 Å². The molecule has 0 saturated carbocycles. The molecule has 0 rings (SSSR count). The van der Waals surface area contributed by atoms with Crippen LogP contribution in [0.4, 0.5) is 4.39 Å². The van der Waals surface area contributed by atoms with Gasteiger partial charge in [0.25, 0.3) is 0 Å². The molecule has 10 heavy (non-hydrogen) atoms. The SMILES string of the molecule is COC(=O)/C=C(/C)C(C)F. The van der Waals surface area contributed by atoms with Gasteiger partial charge in [-0.2, -0.15) is 0 Å². The van der Waals surface area contributed by atoms with E-state index in [1.807, 2.05) is 0 Å². The van der Waals surface area contributed by atoms with Crippen LogP contribution in [0.15, 0.2) is 11.6 Å². The summed E-state index contributed by atoms with van der Waals surface area (Å²) < 4.78 is 16.6. The second kappa shape index (κ2) is 4.04. The number of ether oxygens (including phenoxy) is 1. The lowest BCUT2D eigenvalue weighted by Gasteiger charge is -1.99. The third-order valence-corrected chi connectivity index (χ3v) is 1.17. The van der Waals surface area contributed by atoms with Crippen LogP contribution in [-0.4, -0.2) is 19.3 Å². The molecule has 0 saturated heterocycles. The molecule has 0 bridgehead atoms. The Morgan fingerprint density at radius 3 is 2.50 bits per heavy atom. The van der Waals surface area contributed by atoms with Crippen molar-refractivity contribution in [1.82, 2.24) is 0 Å². The minimum atomic E-state index is -1.08. The lowest BCUT2D eigenvalue weighted by Crippen LogP contribution is -2.01. The van der Waals surface area contributed by atoms with Crippen LogP contribution in [0.5, 0.6) is 0 Å². The molecule has 2 nitrogen and oxygen atoms in total. The molecule has 1 unspecified atom stereocenters. The molecule has 0 radical (unpaired) electrons. The normalized spacial score (nSPS) is 14.6. The van der Waals surface area contributed by atoms with E-state index in [0.29, 0.717) is 5.57 Å². The summed E-state index contributed by atoms with van der Waals surface area (Å²) in [7, 11) is 1.26. The van der Waals surface area contributed by atoms with Crippen LogP contribution in [0.1, 0.15) is 13.8 Å². The number of carbonyl (C=O) groups is 1. The maximum Gasteiger partial charge on any atom is 0.330 e.